The minimum Gasteiger partial charge on any atom is -0.485 e. The van der Waals surface area contributed by atoms with Crippen molar-refractivity contribution in [1.29, 1.82) is 0 Å². The quantitative estimate of drug-likeness (QED) is 0.112. The van der Waals surface area contributed by atoms with Crippen molar-refractivity contribution in [2.75, 3.05) is 17.2 Å². The molecule has 11 rings (SSSR count). The third kappa shape index (κ3) is 8.31. The molecule has 0 aliphatic rings. The summed E-state index contributed by atoms with van der Waals surface area (Å²) in [5, 5.41) is 42.0. The third-order valence-corrected chi connectivity index (χ3v) is 10.9. The lowest BCUT2D eigenvalue weighted by Crippen LogP contribution is -2.10. The van der Waals surface area contributed by atoms with Gasteiger partial charge >= 0.3 is 0 Å². The number of nitrogens with zero attached hydrogens (tertiary/aromatic N) is 17. The van der Waals surface area contributed by atoms with Crippen molar-refractivity contribution in [1.82, 2.24) is 84.1 Å². The molecule has 0 unspecified atom stereocenters. The Balaban J connectivity index is 0.976. The predicted octanol–water partition coefficient (Wildman–Crippen LogP) is 6.04. The molecule has 2 N–H and O–H groups in total. The fourth-order valence-electron chi connectivity index (χ4n) is 7.63. The maximum absolute atomic E-state index is 14.8. The maximum Gasteiger partial charge on any atom is 0.272 e. The van der Waals surface area contributed by atoms with E-state index in [1.165, 1.54) is 29.3 Å². The Kier molecular flexibility index (Phi) is 10.7. The molecule has 69 heavy (non-hydrogen) atoms. The van der Waals surface area contributed by atoms with Crippen molar-refractivity contribution < 1.29 is 27.0 Å². The van der Waals surface area contributed by atoms with Gasteiger partial charge in [0.25, 0.3) is 6.43 Å². The molecule has 10 aromatic heterocycles. The average molecular weight is 936 g/mol. The van der Waals surface area contributed by atoms with Crippen LogP contribution in [0.1, 0.15) is 17.5 Å². The molecule has 0 amide bonds. The van der Waals surface area contributed by atoms with Gasteiger partial charge in [0.2, 0.25) is 0 Å². The van der Waals surface area contributed by atoms with Crippen molar-refractivity contribution in [2.24, 2.45) is 14.1 Å². The molecule has 0 spiro atoms. The zero-order valence-corrected chi connectivity index (χ0v) is 36.1. The Bertz CT molecular complexity index is 3700. The van der Waals surface area contributed by atoms with Gasteiger partial charge in [-0.2, -0.15) is 29.4 Å². The highest BCUT2D eigenvalue weighted by Gasteiger charge is 2.24. The molecule has 10 heterocycles. The second-order valence-electron chi connectivity index (χ2n) is 15.4. The topological polar surface area (TPSA) is 229 Å². The van der Waals surface area contributed by atoms with E-state index in [0.29, 0.717) is 56.7 Å². The summed E-state index contributed by atoms with van der Waals surface area (Å²) in [6, 6.07) is 13.3. The lowest BCUT2D eigenvalue weighted by atomic mass is 10.0. The first-order valence-electron chi connectivity index (χ1n) is 20.9. The molecule has 0 fully saturated rings. The molecule has 25 heteroatoms. The van der Waals surface area contributed by atoms with Crippen LogP contribution in [-0.4, -0.2) is 97.1 Å². The predicted molar refractivity (Wildman–Crippen MR) is 239 cm³/mol. The van der Waals surface area contributed by atoms with Crippen LogP contribution in [0.25, 0.3) is 67.0 Å². The molecule has 0 aliphatic carbocycles. The second kappa shape index (κ2) is 17.5. The van der Waals surface area contributed by atoms with Crippen molar-refractivity contribution in [3.05, 3.63) is 127 Å². The molecular weight excluding hydrogens is 903 g/mol. The summed E-state index contributed by atoms with van der Waals surface area (Å²) in [6.07, 6.45) is 8.10. The van der Waals surface area contributed by atoms with Crippen molar-refractivity contribution in [3.8, 4) is 45.1 Å². The van der Waals surface area contributed by atoms with Crippen LogP contribution < -0.4 is 20.1 Å². The molecule has 0 radical (unpaired) electrons. The molecule has 1 aromatic carbocycles. The first-order valence-corrected chi connectivity index (χ1v) is 20.9. The van der Waals surface area contributed by atoms with Gasteiger partial charge in [0.05, 0.1) is 65.5 Å². The van der Waals surface area contributed by atoms with Crippen molar-refractivity contribution >= 4 is 44.7 Å². The Hall–Kier alpha value is -9.29. The van der Waals surface area contributed by atoms with E-state index < -0.39 is 24.7 Å². The monoisotopic (exact) mass is 935 g/mol. The summed E-state index contributed by atoms with van der Waals surface area (Å²) in [7, 11) is 3.58. The summed E-state index contributed by atoms with van der Waals surface area (Å²) in [5.74, 6) is 0.0228. The number of alkyl halides is 2. The zero-order chi connectivity index (χ0) is 47.2. The highest BCUT2D eigenvalue weighted by Crippen LogP contribution is 2.40. The number of aryl methyl sites for hydroxylation is 2. The lowest BCUT2D eigenvalue weighted by Gasteiger charge is -2.16. The summed E-state index contributed by atoms with van der Waals surface area (Å²) in [4.78, 5) is 22.5. The number of aromatic nitrogens is 17. The summed E-state index contributed by atoms with van der Waals surface area (Å²) in [5.41, 5.74) is 5.28. The highest BCUT2D eigenvalue weighted by atomic mass is 19.3. The lowest BCUT2D eigenvalue weighted by molar-refractivity contribution is 0.0821. The third-order valence-electron chi connectivity index (χ3n) is 10.9. The van der Waals surface area contributed by atoms with Crippen LogP contribution in [0.5, 0.6) is 11.5 Å². The molecule has 0 atom stereocenters. The van der Waals surface area contributed by atoms with Gasteiger partial charge in [-0.25, -0.2) is 32.5 Å². The Morgan fingerprint density at radius 1 is 0.652 bits per heavy atom. The Morgan fingerprint density at radius 3 is 2.17 bits per heavy atom. The van der Waals surface area contributed by atoms with E-state index >= 15 is 0 Å². The zero-order valence-electron chi connectivity index (χ0n) is 36.1. The normalized spacial score (nSPS) is 11.7. The largest absolute Gasteiger partial charge is 0.485 e. The molecule has 344 valence electrons. The number of fused-ring (bicyclic) bond motifs is 4. The molecule has 0 saturated carbocycles. The van der Waals surface area contributed by atoms with E-state index in [9.17, 15) is 17.6 Å². The number of halogens is 4. The van der Waals surface area contributed by atoms with Crippen LogP contribution in [0.15, 0.2) is 98.1 Å². The highest BCUT2D eigenvalue weighted by molar-refractivity contribution is 6.03. The molecule has 21 nitrogen and oxygen atoms in total. The number of ether oxygens (including phenoxy) is 2. The molecule has 0 saturated heterocycles. The number of nitrogens with one attached hydrogen (secondary N) is 2. The molecular formula is C44H33F4N19O2. The summed E-state index contributed by atoms with van der Waals surface area (Å²) >= 11 is 0. The van der Waals surface area contributed by atoms with E-state index in [1.54, 1.807) is 63.8 Å². The molecule has 0 aliphatic heterocycles. The van der Waals surface area contributed by atoms with Crippen molar-refractivity contribution in [2.45, 2.75) is 26.1 Å². The molecule has 11 aromatic rings. The number of pyridine rings is 4. The Labute approximate surface area is 384 Å². The number of anilines is 2. The van der Waals surface area contributed by atoms with Crippen molar-refractivity contribution in [3.63, 3.8) is 0 Å². The second-order valence-corrected chi connectivity index (χ2v) is 15.4. The van der Waals surface area contributed by atoms with E-state index in [-0.39, 0.29) is 64.8 Å². The minimum atomic E-state index is -2.85. The van der Waals surface area contributed by atoms with Crippen LogP contribution in [0, 0.1) is 11.6 Å². The Morgan fingerprint density at radius 2 is 1.41 bits per heavy atom. The van der Waals surface area contributed by atoms with Crippen LogP contribution in [-0.2, 0) is 33.8 Å². The molecule has 0 bridgehead atoms. The minimum absolute atomic E-state index is 0.00776. The standard InChI is InChI=1S/C44H33F4N19O2/c1-64-19-24(14-56-64)29-3-4-36-58-59-37(66(36)62-29)17-52-31-6-8-50-43-40(34(16-54-42(31)43)69-20-35(47)48)28-13-32(23-9-25(45)11-26(46)10-23)63-67-38(60-61-44(28)67)18-51-30-5-7-49-33-12-27(15-53-41(30)33)68-21-39-55-22-57-65(39)2/h3-16,19,22,35H,17-18,20-21H2,1-2H3,(H,49,51)(H,50,52). The number of rotatable bonds is 15. The van der Waals surface area contributed by atoms with Gasteiger partial charge in [-0.05, 0) is 42.5 Å². The van der Waals surface area contributed by atoms with Gasteiger partial charge in [-0.1, -0.05) is 0 Å². The van der Waals surface area contributed by atoms with Gasteiger partial charge in [0.1, 0.15) is 59.2 Å². The fraction of sp³-hybridized carbons (Fsp3) is 0.159. The van der Waals surface area contributed by atoms with Crippen LogP contribution in [0.4, 0.5) is 28.9 Å². The number of hydrogen-bond donors (Lipinski definition) is 2. The van der Waals surface area contributed by atoms with E-state index in [2.05, 4.69) is 66.1 Å². The van der Waals surface area contributed by atoms with Gasteiger partial charge < -0.3 is 20.1 Å². The first-order chi connectivity index (χ1) is 33.6. The van der Waals surface area contributed by atoms with Crippen LogP contribution in [0.3, 0.4) is 0 Å². The summed E-state index contributed by atoms with van der Waals surface area (Å²) < 4.78 is 75.2. The summed E-state index contributed by atoms with van der Waals surface area (Å²) in [6.45, 7) is -0.687. The fourth-order valence-corrected chi connectivity index (χ4v) is 7.63. The van der Waals surface area contributed by atoms with Crippen LogP contribution in [0.2, 0.25) is 0 Å². The maximum atomic E-state index is 14.8. The van der Waals surface area contributed by atoms with Gasteiger partial charge in [-0.15, -0.1) is 20.4 Å². The van der Waals surface area contributed by atoms with E-state index in [4.69, 9.17) is 19.7 Å². The number of hydrogen-bond acceptors (Lipinski definition) is 17. The van der Waals surface area contributed by atoms with Gasteiger partial charge in [0.15, 0.2) is 28.8 Å². The SMILES string of the molecule is Cn1cc(-c2ccc3nnc(CNc4ccnc5c(-c6cc(-c7cc(F)cc(F)c7)nn7c(CNc8ccnc9cc(OCc%10ncnn%10C)cnc89)nnc67)c(OCC(F)F)cnc45)n3n2)cn1. The van der Waals surface area contributed by atoms with Gasteiger partial charge in [0, 0.05) is 61.5 Å². The van der Waals surface area contributed by atoms with Crippen LogP contribution >= 0.6 is 0 Å². The first kappa shape index (κ1) is 42.4. The van der Waals surface area contributed by atoms with E-state index in [1.807, 2.05) is 19.3 Å². The number of benzene rings is 1. The smallest absolute Gasteiger partial charge is 0.272 e. The van der Waals surface area contributed by atoms with E-state index in [0.717, 1.165) is 23.8 Å². The van der Waals surface area contributed by atoms with Gasteiger partial charge in [-0.3, -0.25) is 19.3 Å². The average Bonchev–Trinajstić information content (AvgIpc) is 4.17.